The molecule has 4 heterocycles. The van der Waals surface area contributed by atoms with E-state index < -0.39 is 0 Å². The minimum atomic E-state index is -0.141. The van der Waals surface area contributed by atoms with Gasteiger partial charge in [0.2, 0.25) is 0 Å². The van der Waals surface area contributed by atoms with Crippen LogP contribution in [0.5, 0.6) is 0 Å². The number of esters is 1. The average Bonchev–Trinajstić information content (AvgIpc) is 3.13. The molecule has 2 aromatic heterocycles. The van der Waals surface area contributed by atoms with Crippen molar-refractivity contribution < 1.29 is 14.3 Å². The summed E-state index contributed by atoms with van der Waals surface area (Å²) in [4.78, 5) is 34.2. The van der Waals surface area contributed by atoms with Crippen LogP contribution in [0.2, 0.25) is 0 Å². The molecule has 178 valence electrons. The van der Waals surface area contributed by atoms with E-state index in [0.717, 1.165) is 47.5 Å². The molecule has 0 aliphatic carbocycles. The molecule has 2 aliphatic heterocycles. The van der Waals surface area contributed by atoms with Crippen molar-refractivity contribution in [3.8, 4) is 5.69 Å². The van der Waals surface area contributed by atoms with Crippen molar-refractivity contribution in [1.29, 1.82) is 0 Å². The third-order valence-corrected chi connectivity index (χ3v) is 7.16. The Kier molecular flexibility index (Phi) is 7.05. The number of likely N-dealkylation sites (tertiary alicyclic amines) is 1. The van der Waals surface area contributed by atoms with Gasteiger partial charge in [-0.2, -0.15) is 0 Å². The molecule has 7 nitrogen and oxygen atoms in total. The second-order valence-corrected chi connectivity index (χ2v) is 9.48. The molecule has 33 heavy (non-hydrogen) atoms. The van der Waals surface area contributed by atoms with Crippen LogP contribution in [0.4, 0.5) is 5.82 Å². The SMILES string of the molecule is CCOC(=O)C1CCN(C(=O)c2cc(C)n(-c3ccc(N4CCC(C)CC4)nc3)c2C)CC1. The maximum Gasteiger partial charge on any atom is 0.309 e. The summed E-state index contributed by atoms with van der Waals surface area (Å²) in [6.45, 7) is 11.8. The summed E-state index contributed by atoms with van der Waals surface area (Å²) in [5.41, 5.74) is 3.63. The number of hydrogen-bond acceptors (Lipinski definition) is 5. The Balaban J connectivity index is 1.46. The Labute approximate surface area is 196 Å². The first-order chi connectivity index (χ1) is 15.9. The Morgan fingerprint density at radius 2 is 1.76 bits per heavy atom. The van der Waals surface area contributed by atoms with Gasteiger partial charge in [-0.05, 0) is 70.6 Å². The van der Waals surface area contributed by atoms with E-state index in [0.29, 0.717) is 32.5 Å². The van der Waals surface area contributed by atoms with Crippen molar-refractivity contribution in [1.82, 2.24) is 14.5 Å². The normalized spacial score (nSPS) is 17.9. The molecule has 2 saturated heterocycles. The van der Waals surface area contributed by atoms with Crippen LogP contribution in [0, 0.1) is 25.7 Å². The largest absolute Gasteiger partial charge is 0.466 e. The van der Waals surface area contributed by atoms with Crippen molar-refractivity contribution >= 4 is 17.7 Å². The Hall–Kier alpha value is -2.83. The van der Waals surface area contributed by atoms with Crippen LogP contribution in [0.25, 0.3) is 5.69 Å². The molecule has 0 unspecified atom stereocenters. The molecule has 0 spiro atoms. The lowest BCUT2D eigenvalue weighted by molar-refractivity contribution is -0.149. The van der Waals surface area contributed by atoms with Crippen LogP contribution in [-0.4, -0.2) is 59.1 Å². The third kappa shape index (κ3) is 4.92. The van der Waals surface area contributed by atoms with E-state index in [1.807, 2.05) is 37.9 Å². The lowest BCUT2D eigenvalue weighted by Crippen LogP contribution is -2.40. The molecule has 2 aliphatic rings. The molecule has 4 rings (SSSR count). The van der Waals surface area contributed by atoms with E-state index in [9.17, 15) is 9.59 Å². The molecule has 0 bridgehead atoms. The number of anilines is 1. The molecule has 0 radical (unpaired) electrons. The van der Waals surface area contributed by atoms with Gasteiger partial charge in [0.15, 0.2) is 0 Å². The Morgan fingerprint density at radius 1 is 1.06 bits per heavy atom. The van der Waals surface area contributed by atoms with E-state index in [2.05, 4.69) is 28.5 Å². The molecule has 7 heteroatoms. The first kappa shape index (κ1) is 23.3. The quantitative estimate of drug-likeness (QED) is 0.638. The molecule has 0 N–H and O–H groups in total. The van der Waals surface area contributed by atoms with Gasteiger partial charge in [0.1, 0.15) is 5.82 Å². The zero-order valence-electron chi connectivity index (χ0n) is 20.3. The minimum Gasteiger partial charge on any atom is -0.466 e. The van der Waals surface area contributed by atoms with Crippen LogP contribution >= 0.6 is 0 Å². The summed E-state index contributed by atoms with van der Waals surface area (Å²) in [5.74, 6) is 1.60. The molecule has 1 amide bonds. The lowest BCUT2D eigenvalue weighted by Gasteiger charge is -2.31. The fourth-order valence-corrected chi connectivity index (χ4v) is 5.06. The molecule has 2 aromatic rings. The second-order valence-electron chi connectivity index (χ2n) is 9.48. The maximum absolute atomic E-state index is 13.3. The van der Waals surface area contributed by atoms with E-state index in [4.69, 9.17) is 9.72 Å². The molecule has 0 aromatic carbocycles. The summed E-state index contributed by atoms with van der Waals surface area (Å²) < 4.78 is 7.25. The van der Waals surface area contributed by atoms with Crippen molar-refractivity contribution in [2.75, 3.05) is 37.7 Å². The first-order valence-corrected chi connectivity index (χ1v) is 12.2. The molecule has 0 atom stereocenters. The lowest BCUT2D eigenvalue weighted by atomic mass is 9.96. The zero-order chi connectivity index (χ0) is 23.5. The highest BCUT2D eigenvalue weighted by Gasteiger charge is 2.30. The summed E-state index contributed by atoms with van der Waals surface area (Å²) >= 11 is 0. The molecule has 2 fully saturated rings. The number of nitrogens with zero attached hydrogens (tertiary/aromatic N) is 4. The Morgan fingerprint density at radius 3 is 2.36 bits per heavy atom. The summed E-state index contributed by atoms with van der Waals surface area (Å²) in [6, 6.07) is 6.15. The zero-order valence-corrected chi connectivity index (χ0v) is 20.3. The predicted octanol–water partition coefficient (Wildman–Crippen LogP) is 4.14. The molecular weight excluding hydrogens is 416 g/mol. The highest BCUT2D eigenvalue weighted by Crippen LogP contribution is 2.27. The van der Waals surface area contributed by atoms with Gasteiger partial charge in [0.25, 0.3) is 5.91 Å². The third-order valence-electron chi connectivity index (χ3n) is 7.16. The van der Waals surface area contributed by atoms with E-state index in [-0.39, 0.29) is 17.8 Å². The summed E-state index contributed by atoms with van der Waals surface area (Å²) in [6.07, 6.45) is 5.64. The minimum absolute atomic E-state index is 0.0312. The van der Waals surface area contributed by atoms with E-state index in [1.54, 1.807) is 0 Å². The fraction of sp³-hybridized carbons (Fsp3) is 0.577. The van der Waals surface area contributed by atoms with Crippen molar-refractivity contribution in [3.05, 3.63) is 41.3 Å². The van der Waals surface area contributed by atoms with Crippen molar-refractivity contribution in [3.63, 3.8) is 0 Å². The summed E-state index contributed by atoms with van der Waals surface area (Å²) in [7, 11) is 0. The van der Waals surface area contributed by atoms with E-state index in [1.165, 1.54) is 12.8 Å². The van der Waals surface area contributed by atoms with Crippen LogP contribution in [0.3, 0.4) is 0 Å². The van der Waals surface area contributed by atoms with Gasteiger partial charge in [-0.3, -0.25) is 9.59 Å². The van der Waals surface area contributed by atoms with Gasteiger partial charge in [-0.15, -0.1) is 0 Å². The van der Waals surface area contributed by atoms with Crippen LogP contribution in [0.15, 0.2) is 24.4 Å². The first-order valence-electron chi connectivity index (χ1n) is 12.2. The van der Waals surface area contributed by atoms with Crippen LogP contribution in [-0.2, 0) is 9.53 Å². The average molecular weight is 453 g/mol. The monoisotopic (exact) mass is 452 g/mol. The van der Waals surface area contributed by atoms with Crippen LogP contribution in [0.1, 0.15) is 61.3 Å². The number of carbonyl (C=O) groups is 2. The highest BCUT2D eigenvalue weighted by atomic mass is 16.5. The second kappa shape index (κ2) is 9.98. The van der Waals surface area contributed by atoms with Gasteiger partial charge in [-0.25, -0.2) is 4.98 Å². The van der Waals surface area contributed by atoms with Gasteiger partial charge >= 0.3 is 5.97 Å². The van der Waals surface area contributed by atoms with Crippen molar-refractivity contribution in [2.45, 2.75) is 53.4 Å². The predicted molar refractivity (Wildman–Crippen MR) is 129 cm³/mol. The summed E-state index contributed by atoms with van der Waals surface area (Å²) in [5, 5.41) is 0. The number of piperidine rings is 2. The highest BCUT2D eigenvalue weighted by molar-refractivity contribution is 5.96. The number of ether oxygens (including phenoxy) is 1. The topological polar surface area (TPSA) is 67.7 Å². The number of pyridine rings is 1. The van der Waals surface area contributed by atoms with Gasteiger partial charge in [0.05, 0.1) is 30.0 Å². The van der Waals surface area contributed by atoms with Crippen LogP contribution < -0.4 is 4.90 Å². The standard InChI is InChI=1S/C26H36N4O3/c1-5-33-26(32)21-10-14-29(15-11-21)25(31)23-16-19(3)30(20(23)4)22-6-7-24(27-17-22)28-12-8-18(2)9-13-28/h6-7,16-18,21H,5,8-15H2,1-4H3. The molecular formula is C26H36N4O3. The fourth-order valence-electron chi connectivity index (χ4n) is 5.06. The maximum atomic E-state index is 13.3. The number of amides is 1. The number of aryl methyl sites for hydroxylation is 1. The molecule has 0 saturated carbocycles. The van der Waals surface area contributed by atoms with Gasteiger partial charge in [-0.1, -0.05) is 6.92 Å². The Bertz CT molecular complexity index is 982. The van der Waals surface area contributed by atoms with E-state index >= 15 is 0 Å². The van der Waals surface area contributed by atoms with Crippen molar-refractivity contribution in [2.24, 2.45) is 11.8 Å². The van der Waals surface area contributed by atoms with Gasteiger partial charge in [0, 0.05) is 37.6 Å². The smallest absolute Gasteiger partial charge is 0.309 e. The number of carbonyl (C=O) groups excluding carboxylic acids is 2. The number of hydrogen-bond donors (Lipinski definition) is 0. The number of rotatable bonds is 5. The number of aromatic nitrogens is 2. The van der Waals surface area contributed by atoms with Gasteiger partial charge < -0.3 is 19.1 Å².